The number of rotatable bonds is 8. The Hall–Kier alpha value is -4.66. The molecule has 2 aliphatic heterocycles. The lowest BCUT2D eigenvalue weighted by Gasteiger charge is -2.36. The Morgan fingerprint density at radius 1 is 1.09 bits per heavy atom. The van der Waals surface area contributed by atoms with Crippen LogP contribution < -0.4 is 20.8 Å². The topological polar surface area (TPSA) is 201 Å². The molecule has 0 aromatic heterocycles. The molecule has 1 fully saturated rings. The lowest BCUT2D eigenvalue weighted by Crippen LogP contribution is -2.59. The van der Waals surface area contributed by atoms with E-state index < -0.39 is 77.9 Å². The molecular weight excluding hydrogens is 684 g/mol. The van der Waals surface area contributed by atoms with E-state index in [1.54, 1.807) is 70.2 Å². The van der Waals surface area contributed by atoms with Crippen LogP contribution in [-0.2, 0) is 33.5 Å². The van der Waals surface area contributed by atoms with Gasteiger partial charge in [-0.2, -0.15) is 0 Å². The van der Waals surface area contributed by atoms with Crippen LogP contribution >= 0.6 is 0 Å². The number of cyclic esters (lactones) is 1. The van der Waals surface area contributed by atoms with Crippen LogP contribution in [0.5, 0.6) is 5.75 Å². The van der Waals surface area contributed by atoms with E-state index in [4.69, 9.17) is 9.47 Å². The number of aliphatic hydroxyl groups excluding tert-OH is 2. The van der Waals surface area contributed by atoms with Gasteiger partial charge in [-0.15, -0.1) is 0 Å². The van der Waals surface area contributed by atoms with E-state index in [0.717, 1.165) is 0 Å². The third kappa shape index (κ3) is 12.2. The quantitative estimate of drug-likeness (QED) is 0.149. The molecule has 14 nitrogen and oxygen atoms in total. The molecule has 1 saturated heterocycles. The minimum atomic E-state index is -1.41. The molecule has 0 aliphatic carbocycles. The molecule has 5 N–H and O–H groups in total. The number of benzene rings is 1. The van der Waals surface area contributed by atoms with Crippen molar-refractivity contribution in [2.75, 3.05) is 13.7 Å². The first-order valence-corrected chi connectivity index (χ1v) is 18.0. The van der Waals surface area contributed by atoms with Crippen LogP contribution in [0.15, 0.2) is 60.2 Å². The predicted octanol–water partition coefficient (Wildman–Crippen LogP) is 2.41. The van der Waals surface area contributed by atoms with Gasteiger partial charge in [0.15, 0.2) is 0 Å². The van der Waals surface area contributed by atoms with Crippen molar-refractivity contribution in [2.45, 2.75) is 103 Å². The van der Waals surface area contributed by atoms with Gasteiger partial charge in [0, 0.05) is 25.3 Å². The number of nitrogens with zero attached hydrogens (tertiary/aromatic N) is 1. The summed E-state index contributed by atoms with van der Waals surface area (Å²) in [6, 6.07) is 3.21. The van der Waals surface area contributed by atoms with Gasteiger partial charge in [-0.25, -0.2) is 5.43 Å². The number of esters is 1. The minimum absolute atomic E-state index is 0.0188. The Balaban J connectivity index is 2.10. The number of carbonyl (C=O) groups excluding carboxylic acids is 6. The summed E-state index contributed by atoms with van der Waals surface area (Å²) >= 11 is 0. The number of ether oxygens (including phenoxy) is 2. The van der Waals surface area contributed by atoms with Crippen molar-refractivity contribution in [3.8, 4) is 5.75 Å². The first-order valence-electron chi connectivity index (χ1n) is 18.0. The number of fused-ring (bicyclic) bond motifs is 2. The van der Waals surface area contributed by atoms with Crippen molar-refractivity contribution in [1.82, 2.24) is 21.1 Å². The lowest BCUT2D eigenvalue weighted by atomic mass is 9.84. The fourth-order valence-corrected chi connectivity index (χ4v) is 6.19. The third-order valence-corrected chi connectivity index (χ3v) is 9.58. The highest BCUT2D eigenvalue weighted by Crippen LogP contribution is 2.26. The van der Waals surface area contributed by atoms with Crippen molar-refractivity contribution in [2.24, 2.45) is 17.8 Å². The van der Waals surface area contributed by atoms with Gasteiger partial charge < -0.3 is 35.1 Å². The second-order valence-corrected chi connectivity index (χ2v) is 14.0. The van der Waals surface area contributed by atoms with Crippen LogP contribution in [0.2, 0.25) is 0 Å². The van der Waals surface area contributed by atoms with Crippen molar-refractivity contribution in [3.05, 3.63) is 65.8 Å². The Bertz CT molecular complexity index is 1560. The largest absolute Gasteiger partial charge is 0.497 e. The fraction of sp³-hybridized carbons (Fsp3) is 0.538. The number of hydrogen-bond donors (Lipinski definition) is 5. The first kappa shape index (κ1) is 42.8. The average molecular weight is 739 g/mol. The standard InChI is InChI=1S/C39H54N4O10/c1-23(2)33-37(49)41-34(27-12-10-13-28(22-27)52-6)38(50)43-20-11-14-30(42-43)39(51)53-32(24(3)19-21-44)16-9-7-8-15-31(46)26(5)35(47)29(36(48)40-33)18-17-25(4)45/h7-10,12-13,15,19,21-23,26,29-35,42,46-47H,11,14,16-18,20H2,1-6H3,(H,40,48)(H,41,49)/b9-7+,15-8+,24-19+/t26-,29+,30?,31-,32-,33-,34?,35+/m0/s1. The number of amides is 3. The Morgan fingerprint density at radius 2 is 1.83 bits per heavy atom. The number of hydrogen-bond acceptors (Lipinski definition) is 11. The fourth-order valence-electron chi connectivity index (χ4n) is 6.19. The van der Waals surface area contributed by atoms with Gasteiger partial charge in [0.05, 0.1) is 25.2 Å². The van der Waals surface area contributed by atoms with Crippen LogP contribution in [0.1, 0.15) is 78.3 Å². The molecule has 2 heterocycles. The second kappa shape index (κ2) is 20.5. The number of aliphatic hydroxyl groups is 2. The van der Waals surface area contributed by atoms with Crippen LogP contribution in [0.25, 0.3) is 0 Å². The van der Waals surface area contributed by atoms with E-state index in [1.807, 2.05) is 0 Å². The van der Waals surface area contributed by atoms with Crippen LogP contribution in [-0.4, -0.2) is 95.0 Å². The van der Waals surface area contributed by atoms with E-state index in [9.17, 15) is 39.0 Å². The maximum absolute atomic E-state index is 14.3. The number of carbonyl (C=O) groups is 6. The zero-order chi connectivity index (χ0) is 39.2. The Labute approximate surface area is 311 Å². The molecule has 8 atom stereocenters. The van der Waals surface area contributed by atoms with E-state index in [-0.39, 0.29) is 31.6 Å². The molecular formula is C39H54N4O10. The van der Waals surface area contributed by atoms with Crippen LogP contribution in [0.4, 0.5) is 0 Å². The number of aldehydes is 1. The molecule has 14 heteroatoms. The monoisotopic (exact) mass is 738 g/mol. The summed E-state index contributed by atoms with van der Waals surface area (Å²) in [4.78, 5) is 78.9. The maximum atomic E-state index is 14.3. The zero-order valence-corrected chi connectivity index (χ0v) is 31.3. The average Bonchev–Trinajstić information content (AvgIpc) is 3.13. The molecule has 3 amide bonds. The van der Waals surface area contributed by atoms with E-state index >= 15 is 0 Å². The maximum Gasteiger partial charge on any atom is 0.325 e. The van der Waals surface area contributed by atoms with E-state index in [1.165, 1.54) is 31.2 Å². The van der Waals surface area contributed by atoms with Crippen LogP contribution in [0.3, 0.4) is 0 Å². The summed E-state index contributed by atoms with van der Waals surface area (Å²) in [5, 5.41) is 29.1. The summed E-state index contributed by atoms with van der Waals surface area (Å²) < 4.78 is 11.2. The molecule has 2 unspecified atom stereocenters. The number of allylic oxidation sites excluding steroid dienone is 3. The number of ketones is 1. The summed E-state index contributed by atoms with van der Waals surface area (Å²) in [6.45, 7) is 8.23. The predicted molar refractivity (Wildman–Crippen MR) is 196 cm³/mol. The molecule has 0 saturated carbocycles. The highest BCUT2D eigenvalue weighted by Gasteiger charge is 2.39. The first-order chi connectivity index (χ1) is 25.2. The normalized spacial score (nSPS) is 29.8. The molecule has 3 rings (SSSR count). The Kier molecular flexibility index (Phi) is 16.6. The zero-order valence-electron chi connectivity index (χ0n) is 31.3. The second-order valence-electron chi connectivity index (χ2n) is 14.0. The van der Waals surface area contributed by atoms with Gasteiger partial charge >= 0.3 is 5.97 Å². The van der Waals surface area contributed by atoms with Crippen molar-refractivity contribution in [3.63, 3.8) is 0 Å². The van der Waals surface area contributed by atoms with Gasteiger partial charge in [-0.1, -0.05) is 57.2 Å². The number of Topliss-reactive ketones (excluding diaryl/α,β-unsaturated/α-hetero) is 1. The smallest absolute Gasteiger partial charge is 0.325 e. The molecule has 53 heavy (non-hydrogen) atoms. The number of methoxy groups -OCH3 is 1. The highest BCUT2D eigenvalue weighted by molar-refractivity contribution is 5.93. The SMILES string of the molecule is COc1cccc(C2NC(=O)[C@H](C(C)C)NC(=O)[C@H](CCC(C)=O)[C@H](O)[C@@H](C)[C@@H](O)/C=C/C=C/C[C@@H](/C(C)=C/C=O)OC(=O)C3CCCN(N3)C2=O)c1. The molecule has 1 aromatic rings. The molecule has 0 radical (unpaired) electrons. The third-order valence-electron chi connectivity index (χ3n) is 9.58. The van der Waals surface area contributed by atoms with Gasteiger partial charge in [0.25, 0.3) is 5.91 Å². The van der Waals surface area contributed by atoms with Gasteiger partial charge in [-0.05, 0) is 68.4 Å². The Morgan fingerprint density at radius 3 is 2.49 bits per heavy atom. The molecule has 1 aromatic carbocycles. The van der Waals surface area contributed by atoms with Gasteiger partial charge in [0.2, 0.25) is 11.8 Å². The number of nitrogens with one attached hydrogen (secondary N) is 3. The van der Waals surface area contributed by atoms with Crippen molar-refractivity contribution < 1.29 is 48.5 Å². The minimum Gasteiger partial charge on any atom is -0.497 e. The van der Waals surface area contributed by atoms with Gasteiger partial charge in [0.1, 0.15) is 42.0 Å². The number of hydrazine groups is 1. The molecule has 0 spiro atoms. The van der Waals surface area contributed by atoms with Crippen molar-refractivity contribution >= 4 is 35.8 Å². The molecule has 290 valence electrons. The molecule has 2 bridgehead atoms. The summed E-state index contributed by atoms with van der Waals surface area (Å²) in [7, 11) is 1.46. The highest BCUT2D eigenvalue weighted by atomic mass is 16.5. The van der Waals surface area contributed by atoms with E-state index in [0.29, 0.717) is 36.0 Å². The van der Waals surface area contributed by atoms with Crippen LogP contribution in [0, 0.1) is 17.8 Å². The van der Waals surface area contributed by atoms with Gasteiger partial charge in [-0.3, -0.25) is 29.0 Å². The summed E-state index contributed by atoms with van der Waals surface area (Å²) in [5.41, 5.74) is 3.84. The van der Waals surface area contributed by atoms with Crippen molar-refractivity contribution in [1.29, 1.82) is 0 Å². The molecule has 2 aliphatic rings. The van der Waals surface area contributed by atoms with E-state index in [2.05, 4.69) is 16.1 Å². The lowest BCUT2D eigenvalue weighted by molar-refractivity contribution is -0.156. The summed E-state index contributed by atoms with van der Waals surface area (Å²) in [5.74, 6) is -4.88. The summed E-state index contributed by atoms with van der Waals surface area (Å²) in [6.07, 6.45) is 5.69.